The Morgan fingerprint density at radius 3 is 2.57 bits per heavy atom. The fraction of sp³-hybridized carbons (Fsp3) is 0.238. The number of nitrogens with zero attached hydrogens (tertiary/aromatic N) is 6. The summed E-state index contributed by atoms with van der Waals surface area (Å²) >= 11 is 12.1. The van der Waals surface area contributed by atoms with E-state index in [1.807, 2.05) is 6.07 Å². The number of nitriles is 1. The first-order chi connectivity index (χ1) is 16.7. The minimum atomic E-state index is -4.26. The quantitative estimate of drug-likeness (QED) is 0.505. The average Bonchev–Trinajstić information content (AvgIpc) is 3.31. The van der Waals surface area contributed by atoms with Gasteiger partial charge in [0.2, 0.25) is 10.0 Å². The highest BCUT2D eigenvalue weighted by molar-refractivity contribution is 7.89. The minimum absolute atomic E-state index is 0.0273. The van der Waals surface area contributed by atoms with E-state index in [4.69, 9.17) is 27.9 Å². The Hall–Kier alpha value is -3.37. The second kappa shape index (κ2) is 10.1. The molecule has 2 aromatic carbocycles. The van der Waals surface area contributed by atoms with Crippen LogP contribution >= 0.6 is 23.2 Å². The molecule has 2 heterocycles. The fourth-order valence-electron chi connectivity index (χ4n) is 3.72. The predicted octanol–water partition coefficient (Wildman–Crippen LogP) is 3.30. The van der Waals surface area contributed by atoms with Gasteiger partial charge in [-0.3, -0.25) is 4.68 Å². The van der Waals surface area contributed by atoms with Crippen molar-refractivity contribution in [1.29, 1.82) is 5.26 Å². The molecule has 35 heavy (non-hydrogen) atoms. The lowest BCUT2D eigenvalue weighted by molar-refractivity contribution is 0.0986. The van der Waals surface area contributed by atoms with Crippen LogP contribution in [0.15, 0.2) is 53.9 Å². The number of amides is 1. The van der Waals surface area contributed by atoms with E-state index in [9.17, 15) is 23.6 Å². The molecule has 1 amide bonds. The van der Waals surface area contributed by atoms with Crippen LogP contribution in [0, 0.1) is 11.3 Å². The van der Waals surface area contributed by atoms with Crippen molar-refractivity contribution in [3.8, 4) is 17.6 Å². The molecule has 1 fully saturated rings. The molecule has 1 atom stereocenters. The summed E-state index contributed by atoms with van der Waals surface area (Å²) in [4.78, 5) is 16.3. The van der Waals surface area contributed by atoms with E-state index >= 15 is 0 Å². The van der Waals surface area contributed by atoms with Crippen molar-refractivity contribution >= 4 is 39.3 Å². The Bertz CT molecular complexity index is 1370. The third-order valence-electron chi connectivity index (χ3n) is 5.29. The van der Waals surface area contributed by atoms with E-state index in [0.717, 1.165) is 4.90 Å². The summed E-state index contributed by atoms with van der Waals surface area (Å²) in [6, 6.07) is 9.61. The predicted molar refractivity (Wildman–Crippen MR) is 125 cm³/mol. The number of benzene rings is 2. The summed E-state index contributed by atoms with van der Waals surface area (Å²) in [6.45, 7) is -0.138. The standard InChI is InChI=1S/C21H18Cl2N6O5S/c22-15-6-16(23)8-18(7-15)34-19-2-1-14(9-24)5-20(19)35(32,33)29-4-3-27(21(30)31)10-17(29)11-28-13-25-12-26-28/h1-2,5-8,12-13,17H,3-4,10-11H2,(H,30,31). The topological polar surface area (TPSA) is 142 Å². The Labute approximate surface area is 210 Å². The maximum atomic E-state index is 13.9. The number of sulfonamides is 1. The molecular formula is C21H18Cl2N6O5S. The summed E-state index contributed by atoms with van der Waals surface area (Å²) in [5.74, 6) is 0.168. The van der Waals surface area contributed by atoms with E-state index in [1.54, 1.807) is 0 Å². The molecule has 1 saturated heterocycles. The van der Waals surface area contributed by atoms with Crippen LogP contribution in [0.5, 0.6) is 11.5 Å². The molecule has 0 saturated carbocycles. The summed E-state index contributed by atoms with van der Waals surface area (Å²) in [5, 5.41) is 23.4. The van der Waals surface area contributed by atoms with Crippen LogP contribution in [0.1, 0.15) is 5.56 Å². The van der Waals surface area contributed by atoms with E-state index < -0.39 is 22.2 Å². The largest absolute Gasteiger partial charge is 0.465 e. The Kier molecular flexibility index (Phi) is 7.13. The number of piperazine rings is 1. The van der Waals surface area contributed by atoms with Crippen molar-refractivity contribution in [2.24, 2.45) is 0 Å². The van der Waals surface area contributed by atoms with Crippen LogP contribution in [-0.4, -0.2) is 69.3 Å². The van der Waals surface area contributed by atoms with Crippen LogP contribution < -0.4 is 4.74 Å². The van der Waals surface area contributed by atoms with E-state index in [0.29, 0.717) is 10.0 Å². The maximum absolute atomic E-state index is 13.9. The number of halogens is 2. The van der Waals surface area contributed by atoms with E-state index in [2.05, 4.69) is 10.1 Å². The first kappa shape index (κ1) is 24.7. The number of carboxylic acid groups (broad SMARTS) is 1. The van der Waals surface area contributed by atoms with Gasteiger partial charge in [-0.15, -0.1) is 0 Å². The number of aromatic nitrogens is 3. The van der Waals surface area contributed by atoms with Crippen molar-refractivity contribution in [1.82, 2.24) is 24.0 Å². The molecule has 0 bridgehead atoms. The van der Waals surface area contributed by atoms with Crippen molar-refractivity contribution in [2.45, 2.75) is 17.5 Å². The number of ether oxygens (including phenoxy) is 1. The lowest BCUT2D eigenvalue weighted by atomic mass is 10.2. The summed E-state index contributed by atoms with van der Waals surface area (Å²) in [7, 11) is -4.26. The molecule has 0 radical (unpaired) electrons. The summed E-state index contributed by atoms with van der Waals surface area (Å²) < 4.78 is 36.2. The summed E-state index contributed by atoms with van der Waals surface area (Å²) in [5.41, 5.74) is 0.108. The third-order valence-corrected chi connectivity index (χ3v) is 7.70. The van der Waals surface area contributed by atoms with Gasteiger partial charge in [-0.1, -0.05) is 23.2 Å². The van der Waals surface area contributed by atoms with Gasteiger partial charge in [0, 0.05) is 29.7 Å². The molecule has 1 aliphatic rings. The van der Waals surface area contributed by atoms with Gasteiger partial charge in [-0.25, -0.2) is 18.2 Å². The first-order valence-electron chi connectivity index (χ1n) is 10.2. The van der Waals surface area contributed by atoms with Gasteiger partial charge in [0.1, 0.15) is 29.0 Å². The van der Waals surface area contributed by atoms with Crippen LogP contribution in [0.3, 0.4) is 0 Å². The lowest BCUT2D eigenvalue weighted by Crippen LogP contribution is -2.57. The lowest BCUT2D eigenvalue weighted by Gasteiger charge is -2.39. The highest BCUT2D eigenvalue weighted by atomic mass is 35.5. The summed E-state index contributed by atoms with van der Waals surface area (Å²) in [6.07, 6.45) is 1.56. The zero-order valence-corrected chi connectivity index (χ0v) is 20.3. The van der Waals surface area contributed by atoms with Gasteiger partial charge in [-0.2, -0.15) is 14.7 Å². The van der Waals surface area contributed by atoms with Gasteiger partial charge in [-0.05, 0) is 36.4 Å². The maximum Gasteiger partial charge on any atom is 0.407 e. The molecule has 3 aromatic rings. The third kappa shape index (κ3) is 5.49. The van der Waals surface area contributed by atoms with Crippen molar-refractivity contribution in [3.63, 3.8) is 0 Å². The minimum Gasteiger partial charge on any atom is -0.465 e. The van der Waals surface area contributed by atoms with Gasteiger partial charge >= 0.3 is 6.09 Å². The monoisotopic (exact) mass is 536 g/mol. The number of hydrogen-bond donors (Lipinski definition) is 1. The number of hydrogen-bond acceptors (Lipinski definition) is 7. The molecule has 11 nitrogen and oxygen atoms in total. The Balaban J connectivity index is 1.75. The number of carbonyl (C=O) groups is 1. The molecule has 1 N–H and O–H groups in total. The molecule has 0 aliphatic carbocycles. The van der Waals surface area contributed by atoms with Gasteiger partial charge in [0.05, 0.1) is 24.2 Å². The van der Waals surface area contributed by atoms with Gasteiger partial charge < -0.3 is 14.7 Å². The highest BCUT2D eigenvalue weighted by Gasteiger charge is 2.39. The zero-order valence-electron chi connectivity index (χ0n) is 18.0. The van der Waals surface area contributed by atoms with Crippen LogP contribution in [-0.2, 0) is 16.6 Å². The molecule has 1 aliphatic heterocycles. The average molecular weight is 537 g/mol. The van der Waals surface area contributed by atoms with Crippen LogP contribution in [0.2, 0.25) is 10.0 Å². The van der Waals surface area contributed by atoms with Gasteiger partial charge in [0.25, 0.3) is 0 Å². The second-order valence-corrected chi connectivity index (χ2v) is 10.3. The molecule has 0 spiro atoms. The fourth-order valence-corrected chi connectivity index (χ4v) is 5.97. The first-order valence-corrected chi connectivity index (χ1v) is 12.4. The second-order valence-electron chi connectivity index (χ2n) is 7.60. The Morgan fingerprint density at radius 2 is 1.94 bits per heavy atom. The molecular weight excluding hydrogens is 519 g/mol. The van der Waals surface area contributed by atoms with E-state index in [1.165, 1.54) is 58.0 Å². The molecule has 4 rings (SSSR count). The SMILES string of the molecule is N#Cc1ccc(Oc2cc(Cl)cc(Cl)c2)c(S(=O)(=O)N2CCN(C(=O)O)CC2Cn2cncn2)c1. The Morgan fingerprint density at radius 1 is 1.20 bits per heavy atom. The van der Waals surface area contributed by atoms with Crippen LogP contribution in [0.4, 0.5) is 4.79 Å². The molecule has 182 valence electrons. The van der Waals surface area contributed by atoms with E-state index in [-0.39, 0.29) is 48.1 Å². The highest BCUT2D eigenvalue weighted by Crippen LogP contribution is 2.35. The zero-order chi connectivity index (χ0) is 25.2. The molecule has 1 unspecified atom stereocenters. The van der Waals surface area contributed by atoms with Crippen molar-refractivity contribution < 1.29 is 23.1 Å². The van der Waals surface area contributed by atoms with Crippen LogP contribution in [0.25, 0.3) is 0 Å². The van der Waals surface area contributed by atoms with Crippen molar-refractivity contribution in [3.05, 3.63) is 64.7 Å². The molecule has 14 heteroatoms. The molecule has 1 aromatic heterocycles. The van der Waals surface area contributed by atoms with Crippen molar-refractivity contribution in [2.75, 3.05) is 19.6 Å². The smallest absolute Gasteiger partial charge is 0.407 e. The number of rotatable bonds is 6. The normalized spacial score (nSPS) is 16.6. The van der Waals surface area contributed by atoms with Gasteiger partial charge in [0.15, 0.2) is 0 Å².